The van der Waals surface area contributed by atoms with E-state index in [1.807, 2.05) is 63.7 Å². The minimum Gasteiger partial charge on any atom is -0.311 e. The number of hydrogen-bond acceptors (Lipinski definition) is 5. The SMILES string of the molecule is CCn1c(SCC(=O)N2CCC(C)Sc3ccccc32)nnc1-c1ccc(Cl)cc1. The first-order valence-corrected chi connectivity index (χ1v) is 12.2. The van der Waals surface area contributed by atoms with Crippen molar-refractivity contribution in [1.82, 2.24) is 14.8 Å². The van der Waals surface area contributed by atoms with Gasteiger partial charge in [-0.3, -0.25) is 4.79 Å². The van der Waals surface area contributed by atoms with Gasteiger partial charge in [0.05, 0.1) is 11.4 Å². The first-order valence-electron chi connectivity index (χ1n) is 9.94. The molecule has 0 spiro atoms. The lowest BCUT2D eigenvalue weighted by atomic mass is 10.2. The highest BCUT2D eigenvalue weighted by molar-refractivity contribution is 8.00. The number of fused-ring (bicyclic) bond motifs is 1. The lowest BCUT2D eigenvalue weighted by Crippen LogP contribution is -2.33. The first-order chi connectivity index (χ1) is 14.6. The van der Waals surface area contributed by atoms with Crippen molar-refractivity contribution in [1.29, 1.82) is 0 Å². The number of amides is 1. The van der Waals surface area contributed by atoms with Crippen molar-refractivity contribution in [3.8, 4) is 11.4 Å². The second-order valence-electron chi connectivity index (χ2n) is 7.08. The van der Waals surface area contributed by atoms with Crippen LogP contribution in [0.4, 0.5) is 5.69 Å². The molecule has 156 valence electrons. The number of nitrogens with zero attached hydrogens (tertiary/aromatic N) is 4. The molecule has 1 unspecified atom stereocenters. The van der Waals surface area contributed by atoms with Crippen molar-refractivity contribution >= 4 is 46.7 Å². The van der Waals surface area contributed by atoms with E-state index in [9.17, 15) is 4.79 Å². The fraction of sp³-hybridized carbons (Fsp3) is 0.318. The zero-order chi connectivity index (χ0) is 21.1. The van der Waals surface area contributed by atoms with Gasteiger partial charge in [-0.15, -0.1) is 22.0 Å². The number of halogens is 1. The summed E-state index contributed by atoms with van der Waals surface area (Å²) >= 11 is 9.28. The minimum absolute atomic E-state index is 0.0980. The molecule has 0 radical (unpaired) electrons. The van der Waals surface area contributed by atoms with E-state index in [0.29, 0.717) is 16.0 Å². The Hall–Kier alpha value is -1.96. The number of carbonyl (C=O) groups is 1. The highest BCUT2D eigenvalue weighted by Crippen LogP contribution is 2.37. The summed E-state index contributed by atoms with van der Waals surface area (Å²) in [6.45, 7) is 5.73. The van der Waals surface area contributed by atoms with E-state index >= 15 is 0 Å². The molecule has 0 fully saturated rings. The molecule has 0 saturated heterocycles. The molecule has 1 aliphatic rings. The Labute approximate surface area is 190 Å². The summed E-state index contributed by atoms with van der Waals surface area (Å²) in [5.74, 6) is 1.21. The molecule has 30 heavy (non-hydrogen) atoms. The van der Waals surface area contributed by atoms with Crippen molar-refractivity contribution in [2.45, 2.75) is 42.1 Å². The van der Waals surface area contributed by atoms with Gasteiger partial charge in [0.1, 0.15) is 0 Å². The van der Waals surface area contributed by atoms with Crippen molar-refractivity contribution in [3.05, 3.63) is 53.6 Å². The summed E-state index contributed by atoms with van der Waals surface area (Å²) in [6, 6.07) is 15.7. The number of para-hydroxylation sites is 1. The van der Waals surface area contributed by atoms with Crippen molar-refractivity contribution in [3.63, 3.8) is 0 Å². The number of aromatic nitrogens is 3. The van der Waals surface area contributed by atoms with E-state index < -0.39 is 0 Å². The summed E-state index contributed by atoms with van der Waals surface area (Å²) in [7, 11) is 0. The Morgan fingerprint density at radius 1 is 1.20 bits per heavy atom. The average Bonchev–Trinajstić information content (AvgIpc) is 3.08. The van der Waals surface area contributed by atoms with Crippen LogP contribution >= 0.6 is 35.1 Å². The van der Waals surface area contributed by atoms with E-state index in [1.54, 1.807) is 0 Å². The third kappa shape index (κ3) is 4.53. The van der Waals surface area contributed by atoms with Crippen LogP contribution in [-0.4, -0.2) is 38.2 Å². The van der Waals surface area contributed by atoms with Crippen molar-refractivity contribution in [2.24, 2.45) is 0 Å². The molecule has 8 heteroatoms. The van der Waals surface area contributed by atoms with Gasteiger partial charge in [-0.1, -0.05) is 42.4 Å². The predicted octanol–water partition coefficient (Wildman–Crippen LogP) is 5.63. The summed E-state index contributed by atoms with van der Waals surface area (Å²) < 4.78 is 2.04. The minimum atomic E-state index is 0.0980. The standard InChI is InChI=1S/C22H23ClN4OS2/c1-3-26-21(16-8-10-17(23)11-9-16)24-25-22(26)29-14-20(28)27-13-12-15(2)30-19-7-5-4-6-18(19)27/h4-11,15H,3,12-14H2,1-2H3. The molecule has 1 aromatic heterocycles. The predicted molar refractivity (Wildman–Crippen MR) is 126 cm³/mol. The zero-order valence-electron chi connectivity index (χ0n) is 16.9. The second kappa shape index (κ2) is 9.45. The maximum atomic E-state index is 13.1. The Kier molecular flexibility index (Phi) is 6.71. The molecular weight excluding hydrogens is 436 g/mol. The summed E-state index contributed by atoms with van der Waals surface area (Å²) in [4.78, 5) is 16.2. The van der Waals surface area contributed by atoms with Gasteiger partial charge < -0.3 is 9.47 Å². The Morgan fingerprint density at radius 3 is 2.73 bits per heavy atom. The maximum Gasteiger partial charge on any atom is 0.237 e. The van der Waals surface area contributed by atoms with Gasteiger partial charge in [-0.05, 0) is 49.7 Å². The van der Waals surface area contributed by atoms with Crippen LogP contribution in [0.25, 0.3) is 11.4 Å². The van der Waals surface area contributed by atoms with Crippen LogP contribution in [0.3, 0.4) is 0 Å². The van der Waals surface area contributed by atoms with Gasteiger partial charge >= 0.3 is 0 Å². The van der Waals surface area contributed by atoms with Crippen LogP contribution in [0.15, 0.2) is 58.6 Å². The molecule has 3 aromatic rings. The fourth-order valence-electron chi connectivity index (χ4n) is 3.44. The van der Waals surface area contributed by atoms with Gasteiger partial charge in [-0.25, -0.2) is 0 Å². The number of benzene rings is 2. The molecule has 4 rings (SSSR count). The first kappa shape index (κ1) is 21.3. The lowest BCUT2D eigenvalue weighted by molar-refractivity contribution is -0.116. The van der Waals surface area contributed by atoms with Gasteiger partial charge in [-0.2, -0.15) is 0 Å². The average molecular weight is 459 g/mol. The molecule has 1 amide bonds. The molecule has 0 aliphatic carbocycles. The lowest BCUT2D eigenvalue weighted by Gasteiger charge is -2.22. The quantitative estimate of drug-likeness (QED) is 0.464. The maximum absolute atomic E-state index is 13.1. The van der Waals surface area contributed by atoms with Gasteiger partial charge in [0.25, 0.3) is 0 Å². The van der Waals surface area contributed by atoms with Crippen LogP contribution in [-0.2, 0) is 11.3 Å². The number of carbonyl (C=O) groups excluding carboxylic acids is 1. The number of hydrogen-bond donors (Lipinski definition) is 0. The highest BCUT2D eigenvalue weighted by atomic mass is 35.5. The summed E-state index contributed by atoms with van der Waals surface area (Å²) in [6.07, 6.45) is 0.974. The van der Waals surface area contributed by atoms with E-state index in [0.717, 1.165) is 41.7 Å². The summed E-state index contributed by atoms with van der Waals surface area (Å²) in [5, 5.41) is 10.6. The molecule has 0 bridgehead atoms. The second-order valence-corrected chi connectivity index (χ2v) is 9.94. The molecular formula is C22H23ClN4OS2. The third-order valence-electron chi connectivity index (χ3n) is 5.00. The smallest absolute Gasteiger partial charge is 0.237 e. The van der Waals surface area contributed by atoms with Crippen LogP contribution in [0, 0.1) is 0 Å². The molecule has 0 saturated carbocycles. The van der Waals surface area contributed by atoms with Gasteiger partial charge in [0.15, 0.2) is 11.0 Å². The van der Waals surface area contributed by atoms with Gasteiger partial charge in [0, 0.05) is 33.8 Å². The monoisotopic (exact) mass is 458 g/mol. The van der Waals surface area contributed by atoms with E-state index in [1.165, 1.54) is 16.7 Å². The van der Waals surface area contributed by atoms with Crippen molar-refractivity contribution < 1.29 is 4.79 Å². The number of rotatable bonds is 5. The Balaban J connectivity index is 1.51. The zero-order valence-corrected chi connectivity index (χ0v) is 19.3. The van der Waals surface area contributed by atoms with E-state index in [4.69, 9.17) is 11.6 Å². The summed E-state index contributed by atoms with van der Waals surface area (Å²) in [5.41, 5.74) is 1.97. The Bertz CT molecular complexity index is 1040. The highest BCUT2D eigenvalue weighted by Gasteiger charge is 2.25. The largest absolute Gasteiger partial charge is 0.311 e. The number of thioether (sulfide) groups is 2. The fourth-order valence-corrected chi connectivity index (χ4v) is 5.56. The van der Waals surface area contributed by atoms with E-state index in [-0.39, 0.29) is 5.91 Å². The van der Waals surface area contributed by atoms with Gasteiger partial charge in [0.2, 0.25) is 5.91 Å². The molecule has 2 aromatic carbocycles. The number of anilines is 1. The van der Waals surface area contributed by atoms with Crippen LogP contribution in [0.5, 0.6) is 0 Å². The van der Waals surface area contributed by atoms with E-state index in [2.05, 4.69) is 30.1 Å². The van der Waals surface area contributed by atoms with Crippen LogP contribution in [0.1, 0.15) is 20.3 Å². The van der Waals surface area contributed by atoms with Crippen molar-refractivity contribution in [2.75, 3.05) is 17.2 Å². The molecule has 1 aliphatic heterocycles. The molecule has 1 atom stereocenters. The molecule has 5 nitrogen and oxygen atoms in total. The van der Waals surface area contributed by atoms with Crippen LogP contribution in [0.2, 0.25) is 5.02 Å². The Morgan fingerprint density at radius 2 is 1.97 bits per heavy atom. The third-order valence-corrected chi connectivity index (χ3v) is 7.45. The molecule has 0 N–H and O–H groups in total. The van der Waals surface area contributed by atoms with Crippen LogP contribution < -0.4 is 4.90 Å². The molecule has 2 heterocycles. The normalized spacial score (nSPS) is 16.2. The topological polar surface area (TPSA) is 51.0 Å².